The molecule has 0 fully saturated rings. The Morgan fingerprint density at radius 2 is 1.95 bits per heavy atom. The predicted octanol–water partition coefficient (Wildman–Crippen LogP) is 1.87. The standard InChI is InChI=1S/C16H21N3O2/c1-5-13-17-12-9-7-6-8-11(12)15(21)19(13)10-14(20)18-16(2,3)4/h6-9H,5,10H2,1-4H3,(H,18,20). The Bertz CT molecular complexity index is 726. The van der Waals surface area contributed by atoms with Gasteiger partial charge in [-0.3, -0.25) is 14.2 Å². The molecule has 0 atom stereocenters. The van der Waals surface area contributed by atoms with E-state index in [1.165, 1.54) is 4.57 Å². The van der Waals surface area contributed by atoms with Gasteiger partial charge in [0.25, 0.3) is 5.56 Å². The Labute approximate surface area is 124 Å². The first-order valence-corrected chi connectivity index (χ1v) is 7.11. The number of aryl methyl sites for hydroxylation is 1. The molecule has 5 heteroatoms. The van der Waals surface area contributed by atoms with E-state index in [0.29, 0.717) is 23.1 Å². The molecule has 0 spiro atoms. The first kappa shape index (κ1) is 15.2. The Balaban J connectivity index is 2.45. The van der Waals surface area contributed by atoms with E-state index >= 15 is 0 Å². The number of aromatic nitrogens is 2. The van der Waals surface area contributed by atoms with Crippen LogP contribution in [0.5, 0.6) is 0 Å². The summed E-state index contributed by atoms with van der Waals surface area (Å²) in [5, 5.41) is 3.41. The van der Waals surface area contributed by atoms with Gasteiger partial charge in [0, 0.05) is 12.0 Å². The average Bonchev–Trinajstić information content (AvgIpc) is 2.39. The van der Waals surface area contributed by atoms with E-state index in [0.717, 1.165) is 0 Å². The highest BCUT2D eigenvalue weighted by molar-refractivity contribution is 5.79. The molecular weight excluding hydrogens is 266 g/mol. The minimum absolute atomic E-state index is 0.00287. The number of nitrogens with one attached hydrogen (secondary N) is 1. The average molecular weight is 287 g/mol. The number of carbonyl (C=O) groups excluding carboxylic acids is 1. The van der Waals surface area contributed by atoms with Gasteiger partial charge in [-0.25, -0.2) is 4.98 Å². The van der Waals surface area contributed by atoms with Crippen molar-refractivity contribution in [2.45, 2.75) is 46.2 Å². The smallest absolute Gasteiger partial charge is 0.261 e. The molecule has 1 N–H and O–H groups in total. The Hall–Kier alpha value is -2.17. The van der Waals surface area contributed by atoms with Crippen molar-refractivity contribution in [3.63, 3.8) is 0 Å². The van der Waals surface area contributed by atoms with Crippen molar-refractivity contribution < 1.29 is 4.79 Å². The van der Waals surface area contributed by atoms with Gasteiger partial charge in [0.2, 0.25) is 5.91 Å². The molecule has 0 saturated heterocycles. The van der Waals surface area contributed by atoms with Crippen LogP contribution in [0.3, 0.4) is 0 Å². The van der Waals surface area contributed by atoms with Gasteiger partial charge in [0.1, 0.15) is 12.4 Å². The Kier molecular flexibility index (Phi) is 4.11. The van der Waals surface area contributed by atoms with E-state index in [2.05, 4.69) is 10.3 Å². The fourth-order valence-electron chi connectivity index (χ4n) is 2.25. The van der Waals surface area contributed by atoms with E-state index in [-0.39, 0.29) is 23.6 Å². The van der Waals surface area contributed by atoms with Crippen LogP contribution in [0, 0.1) is 0 Å². The van der Waals surface area contributed by atoms with Crippen LogP contribution in [-0.2, 0) is 17.8 Å². The zero-order valence-corrected chi connectivity index (χ0v) is 12.9. The summed E-state index contributed by atoms with van der Waals surface area (Å²) < 4.78 is 1.46. The summed E-state index contributed by atoms with van der Waals surface area (Å²) in [7, 11) is 0. The SMILES string of the molecule is CCc1nc2ccccc2c(=O)n1CC(=O)NC(C)(C)C. The van der Waals surface area contributed by atoms with Crippen molar-refractivity contribution in [3.05, 3.63) is 40.4 Å². The molecule has 0 aliphatic heterocycles. The summed E-state index contributed by atoms with van der Waals surface area (Å²) >= 11 is 0. The molecule has 1 amide bonds. The van der Waals surface area contributed by atoms with E-state index < -0.39 is 0 Å². The van der Waals surface area contributed by atoms with Gasteiger partial charge in [-0.05, 0) is 32.9 Å². The second kappa shape index (κ2) is 5.68. The molecule has 0 aliphatic carbocycles. The predicted molar refractivity (Wildman–Crippen MR) is 83.3 cm³/mol. The van der Waals surface area contributed by atoms with Crippen LogP contribution >= 0.6 is 0 Å². The lowest BCUT2D eigenvalue weighted by atomic mass is 10.1. The fourth-order valence-corrected chi connectivity index (χ4v) is 2.25. The maximum absolute atomic E-state index is 12.6. The highest BCUT2D eigenvalue weighted by Crippen LogP contribution is 2.08. The van der Waals surface area contributed by atoms with Crippen molar-refractivity contribution in [2.75, 3.05) is 0 Å². The van der Waals surface area contributed by atoms with Crippen LogP contribution in [0.15, 0.2) is 29.1 Å². The quantitative estimate of drug-likeness (QED) is 0.937. The maximum Gasteiger partial charge on any atom is 0.261 e. The minimum Gasteiger partial charge on any atom is -0.350 e. The molecule has 21 heavy (non-hydrogen) atoms. The Morgan fingerprint density at radius 3 is 2.57 bits per heavy atom. The van der Waals surface area contributed by atoms with Crippen molar-refractivity contribution in [2.24, 2.45) is 0 Å². The van der Waals surface area contributed by atoms with Crippen LogP contribution in [0.25, 0.3) is 10.9 Å². The van der Waals surface area contributed by atoms with Crippen molar-refractivity contribution in [1.29, 1.82) is 0 Å². The van der Waals surface area contributed by atoms with E-state index in [9.17, 15) is 9.59 Å². The topological polar surface area (TPSA) is 64.0 Å². The largest absolute Gasteiger partial charge is 0.350 e. The van der Waals surface area contributed by atoms with Gasteiger partial charge in [-0.1, -0.05) is 19.1 Å². The highest BCUT2D eigenvalue weighted by atomic mass is 16.2. The molecule has 5 nitrogen and oxygen atoms in total. The molecule has 112 valence electrons. The van der Waals surface area contributed by atoms with Crippen LogP contribution in [-0.4, -0.2) is 21.0 Å². The molecule has 0 bridgehead atoms. The summed E-state index contributed by atoms with van der Waals surface area (Å²) in [4.78, 5) is 29.1. The number of fused-ring (bicyclic) bond motifs is 1. The summed E-state index contributed by atoms with van der Waals surface area (Å²) in [5.74, 6) is 0.444. The molecule has 2 aromatic rings. The number of hydrogen-bond acceptors (Lipinski definition) is 3. The van der Waals surface area contributed by atoms with Gasteiger partial charge in [0.05, 0.1) is 10.9 Å². The van der Waals surface area contributed by atoms with Crippen LogP contribution < -0.4 is 10.9 Å². The lowest BCUT2D eigenvalue weighted by Crippen LogP contribution is -2.44. The molecular formula is C16H21N3O2. The monoisotopic (exact) mass is 287 g/mol. The number of hydrogen-bond donors (Lipinski definition) is 1. The summed E-state index contributed by atoms with van der Waals surface area (Å²) in [6.45, 7) is 7.65. The van der Waals surface area contributed by atoms with Gasteiger partial charge in [-0.15, -0.1) is 0 Å². The summed E-state index contributed by atoms with van der Waals surface area (Å²) in [5.41, 5.74) is 0.186. The molecule has 1 heterocycles. The van der Waals surface area contributed by atoms with E-state index in [1.807, 2.05) is 39.8 Å². The molecule has 2 rings (SSSR count). The number of rotatable bonds is 3. The fraction of sp³-hybridized carbons (Fsp3) is 0.438. The van der Waals surface area contributed by atoms with Gasteiger partial charge in [0.15, 0.2) is 0 Å². The second-order valence-electron chi connectivity index (χ2n) is 6.09. The van der Waals surface area contributed by atoms with Crippen LogP contribution in [0.2, 0.25) is 0 Å². The van der Waals surface area contributed by atoms with Gasteiger partial charge < -0.3 is 5.32 Å². The molecule has 0 aliphatic rings. The number of amides is 1. The third-order valence-electron chi connectivity index (χ3n) is 3.07. The first-order valence-electron chi connectivity index (χ1n) is 7.11. The third-order valence-corrected chi connectivity index (χ3v) is 3.07. The van der Waals surface area contributed by atoms with Crippen molar-refractivity contribution in [3.8, 4) is 0 Å². The zero-order chi connectivity index (χ0) is 15.6. The van der Waals surface area contributed by atoms with Gasteiger partial charge in [-0.2, -0.15) is 0 Å². The van der Waals surface area contributed by atoms with Crippen LogP contribution in [0.1, 0.15) is 33.5 Å². The molecule has 0 saturated carbocycles. The number of para-hydroxylation sites is 1. The molecule has 0 radical (unpaired) electrons. The Morgan fingerprint density at radius 1 is 1.29 bits per heavy atom. The van der Waals surface area contributed by atoms with E-state index in [4.69, 9.17) is 0 Å². The molecule has 1 aromatic heterocycles. The van der Waals surface area contributed by atoms with Gasteiger partial charge >= 0.3 is 0 Å². The molecule has 0 unspecified atom stereocenters. The molecule has 1 aromatic carbocycles. The van der Waals surface area contributed by atoms with Crippen LogP contribution in [0.4, 0.5) is 0 Å². The maximum atomic E-state index is 12.6. The summed E-state index contributed by atoms with van der Waals surface area (Å²) in [6, 6.07) is 7.21. The first-order chi connectivity index (χ1) is 9.81. The van der Waals surface area contributed by atoms with Crippen molar-refractivity contribution in [1.82, 2.24) is 14.9 Å². The number of carbonyl (C=O) groups is 1. The highest BCUT2D eigenvalue weighted by Gasteiger charge is 2.17. The van der Waals surface area contributed by atoms with Crippen molar-refractivity contribution >= 4 is 16.8 Å². The number of nitrogens with zero attached hydrogens (tertiary/aromatic N) is 2. The second-order valence-corrected chi connectivity index (χ2v) is 6.09. The minimum atomic E-state index is -0.322. The van der Waals surface area contributed by atoms with E-state index in [1.54, 1.807) is 12.1 Å². The summed E-state index contributed by atoms with van der Waals surface area (Å²) in [6.07, 6.45) is 0.600. The zero-order valence-electron chi connectivity index (χ0n) is 12.9. The number of benzene rings is 1. The lowest BCUT2D eigenvalue weighted by molar-refractivity contribution is -0.123. The normalized spacial score (nSPS) is 11.6. The lowest BCUT2D eigenvalue weighted by Gasteiger charge is -2.21. The third kappa shape index (κ3) is 3.48.